The molecule has 0 bridgehead atoms. The van der Waals surface area contributed by atoms with Crippen molar-refractivity contribution >= 4 is 17.3 Å². The maximum absolute atomic E-state index is 10.9. The van der Waals surface area contributed by atoms with E-state index in [2.05, 4.69) is 0 Å². The van der Waals surface area contributed by atoms with Crippen LogP contribution in [0.2, 0.25) is 0 Å². The van der Waals surface area contributed by atoms with Crippen molar-refractivity contribution in [2.24, 2.45) is 0 Å². The normalized spacial score (nSPS) is 11.6. The second-order valence-electron chi connectivity index (χ2n) is 3.59. The molecule has 0 aliphatic carbocycles. The number of nitrogens with zero attached hydrogens (tertiary/aromatic N) is 2. The Morgan fingerprint density at radius 2 is 2.24 bits per heavy atom. The minimum absolute atomic E-state index is 0.0806. The first-order valence-electron chi connectivity index (χ1n) is 4.88. The van der Waals surface area contributed by atoms with Gasteiger partial charge in [-0.2, -0.15) is 5.26 Å². The topological polar surface area (TPSA) is 76.2 Å². The van der Waals surface area contributed by atoms with E-state index in [1.54, 1.807) is 26.0 Å². The fourth-order valence-corrected chi connectivity index (χ4v) is 1.51. The van der Waals surface area contributed by atoms with Crippen LogP contribution in [0.3, 0.4) is 0 Å². The van der Waals surface area contributed by atoms with Gasteiger partial charge in [0, 0.05) is 6.07 Å². The van der Waals surface area contributed by atoms with Crippen molar-refractivity contribution in [3.8, 4) is 11.8 Å². The number of aryl methyl sites for hydroxylation is 2. The Bertz CT molecular complexity index is 482. The van der Waals surface area contributed by atoms with Crippen molar-refractivity contribution in [2.45, 2.75) is 19.2 Å². The number of ether oxygens (including phenoxy) is 1. The molecule has 0 aliphatic heterocycles. The standard InChI is InChI=1S/C11H11ClN2O3/c1-7-3-8(2)11(10(4-7)14(15)16)17-6-9(12)5-13/h3-4,9H,6H2,1-2H3. The summed E-state index contributed by atoms with van der Waals surface area (Å²) >= 11 is 5.57. The Kier molecular flexibility index (Phi) is 4.30. The zero-order chi connectivity index (χ0) is 13.0. The summed E-state index contributed by atoms with van der Waals surface area (Å²) in [5.41, 5.74) is 1.33. The Labute approximate surface area is 104 Å². The second-order valence-corrected chi connectivity index (χ2v) is 4.12. The number of nitro benzene ring substituents is 1. The summed E-state index contributed by atoms with van der Waals surface area (Å²) in [4.78, 5) is 10.4. The quantitative estimate of drug-likeness (QED) is 0.470. The van der Waals surface area contributed by atoms with E-state index in [1.165, 1.54) is 6.07 Å². The average Bonchev–Trinajstić information content (AvgIpc) is 2.26. The van der Waals surface area contributed by atoms with Gasteiger partial charge in [-0.3, -0.25) is 10.1 Å². The highest BCUT2D eigenvalue weighted by Crippen LogP contribution is 2.32. The lowest BCUT2D eigenvalue weighted by Crippen LogP contribution is -2.11. The van der Waals surface area contributed by atoms with Crippen LogP contribution in [0.4, 0.5) is 5.69 Å². The summed E-state index contributed by atoms with van der Waals surface area (Å²) in [6.07, 6.45) is 0. The third-order valence-corrected chi connectivity index (χ3v) is 2.33. The van der Waals surface area contributed by atoms with Gasteiger partial charge in [-0.05, 0) is 25.0 Å². The van der Waals surface area contributed by atoms with E-state index in [-0.39, 0.29) is 18.0 Å². The third kappa shape index (κ3) is 3.33. The molecule has 1 rings (SSSR count). The minimum atomic E-state index is -0.824. The van der Waals surface area contributed by atoms with E-state index < -0.39 is 10.3 Å². The van der Waals surface area contributed by atoms with E-state index in [9.17, 15) is 10.1 Å². The SMILES string of the molecule is Cc1cc(C)c(OCC(Cl)C#N)c([N+](=O)[O-])c1. The maximum Gasteiger partial charge on any atom is 0.311 e. The van der Waals surface area contributed by atoms with Gasteiger partial charge in [-0.1, -0.05) is 6.07 Å². The first-order valence-corrected chi connectivity index (χ1v) is 5.31. The molecule has 0 fully saturated rings. The molecule has 5 nitrogen and oxygen atoms in total. The van der Waals surface area contributed by atoms with Crippen molar-refractivity contribution in [3.63, 3.8) is 0 Å². The molecule has 90 valence electrons. The lowest BCUT2D eigenvalue weighted by molar-refractivity contribution is -0.386. The average molecular weight is 255 g/mol. The molecule has 6 heteroatoms. The van der Waals surface area contributed by atoms with E-state index in [0.29, 0.717) is 5.56 Å². The van der Waals surface area contributed by atoms with Crippen LogP contribution < -0.4 is 4.74 Å². The van der Waals surface area contributed by atoms with Crippen molar-refractivity contribution in [3.05, 3.63) is 33.4 Å². The molecule has 1 atom stereocenters. The van der Waals surface area contributed by atoms with Gasteiger partial charge >= 0.3 is 5.69 Å². The van der Waals surface area contributed by atoms with E-state index >= 15 is 0 Å². The van der Waals surface area contributed by atoms with Crippen LogP contribution >= 0.6 is 11.6 Å². The van der Waals surface area contributed by atoms with E-state index in [1.807, 2.05) is 0 Å². The Balaban J connectivity index is 3.05. The molecule has 0 N–H and O–H groups in total. The number of benzene rings is 1. The molecule has 0 spiro atoms. The summed E-state index contributed by atoms with van der Waals surface area (Å²) in [5.74, 6) is 0.168. The van der Waals surface area contributed by atoms with Gasteiger partial charge < -0.3 is 4.74 Å². The van der Waals surface area contributed by atoms with Gasteiger partial charge in [0.25, 0.3) is 0 Å². The first-order chi connectivity index (χ1) is 7.95. The summed E-state index contributed by atoms with van der Waals surface area (Å²) in [7, 11) is 0. The monoisotopic (exact) mass is 254 g/mol. The smallest absolute Gasteiger partial charge is 0.311 e. The molecule has 0 radical (unpaired) electrons. The summed E-state index contributed by atoms with van der Waals surface area (Å²) in [6.45, 7) is 3.40. The number of hydrogen-bond acceptors (Lipinski definition) is 4. The van der Waals surface area contributed by atoms with Crippen LogP contribution in [0.15, 0.2) is 12.1 Å². The predicted octanol–water partition coefficient (Wildman–Crippen LogP) is 2.72. The van der Waals surface area contributed by atoms with Crippen LogP contribution in [-0.2, 0) is 0 Å². The highest BCUT2D eigenvalue weighted by molar-refractivity contribution is 6.22. The largest absolute Gasteiger partial charge is 0.484 e. The highest BCUT2D eigenvalue weighted by atomic mass is 35.5. The number of nitro groups is 1. The molecule has 1 aromatic rings. The third-order valence-electron chi connectivity index (χ3n) is 2.11. The van der Waals surface area contributed by atoms with Crippen LogP contribution in [0, 0.1) is 35.3 Å². The molecule has 0 saturated carbocycles. The molecular formula is C11H11ClN2O3. The molecule has 17 heavy (non-hydrogen) atoms. The molecule has 0 heterocycles. The molecule has 0 amide bonds. The number of hydrogen-bond donors (Lipinski definition) is 0. The number of nitriles is 1. The summed E-state index contributed by atoms with van der Waals surface area (Å²) < 4.78 is 5.24. The lowest BCUT2D eigenvalue weighted by atomic mass is 10.1. The van der Waals surface area contributed by atoms with Gasteiger partial charge in [0.1, 0.15) is 6.61 Å². The Morgan fingerprint density at radius 1 is 1.59 bits per heavy atom. The van der Waals surface area contributed by atoms with Gasteiger partial charge in [0.15, 0.2) is 11.1 Å². The van der Waals surface area contributed by atoms with Gasteiger partial charge in [0.2, 0.25) is 0 Å². The number of alkyl halides is 1. The van der Waals surface area contributed by atoms with Crippen molar-refractivity contribution in [2.75, 3.05) is 6.61 Å². The predicted molar refractivity (Wildman–Crippen MR) is 63.3 cm³/mol. The van der Waals surface area contributed by atoms with Crippen LogP contribution in [0.5, 0.6) is 5.75 Å². The molecule has 1 aromatic carbocycles. The van der Waals surface area contributed by atoms with E-state index in [4.69, 9.17) is 21.6 Å². The van der Waals surface area contributed by atoms with Crippen molar-refractivity contribution in [1.29, 1.82) is 5.26 Å². The second kappa shape index (κ2) is 5.51. The Hall–Kier alpha value is -1.80. The highest BCUT2D eigenvalue weighted by Gasteiger charge is 2.19. The number of rotatable bonds is 4. The van der Waals surface area contributed by atoms with Crippen molar-refractivity contribution in [1.82, 2.24) is 0 Å². The van der Waals surface area contributed by atoms with Gasteiger partial charge in [-0.15, -0.1) is 11.6 Å². The fourth-order valence-electron chi connectivity index (χ4n) is 1.45. The van der Waals surface area contributed by atoms with Gasteiger partial charge in [0.05, 0.1) is 11.0 Å². The summed E-state index contributed by atoms with van der Waals surface area (Å²) in [6, 6.07) is 4.99. The first kappa shape index (κ1) is 13.3. The molecular weight excluding hydrogens is 244 g/mol. The number of halogens is 1. The van der Waals surface area contributed by atoms with Crippen molar-refractivity contribution < 1.29 is 9.66 Å². The molecule has 1 unspecified atom stereocenters. The lowest BCUT2D eigenvalue weighted by Gasteiger charge is -2.10. The molecule has 0 saturated heterocycles. The van der Waals surface area contributed by atoms with Crippen LogP contribution in [-0.4, -0.2) is 16.9 Å². The van der Waals surface area contributed by atoms with Crippen LogP contribution in [0.1, 0.15) is 11.1 Å². The Morgan fingerprint density at radius 3 is 2.76 bits per heavy atom. The van der Waals surface area contributed by atoms with E-state index in [0.717, 1.165) is 5.56 Å². The zero-order valence-electron chi connectivity index (χ0n) is 9.44. The summed E-state index contributed by atoms with van der Waals surface area (Å²) in [5, 5.41) is 18.6. The maximum atomic E-state index is 10.9. The van der Waals surface area contributed by atoms with Gasteiger partial charge in [-0.25, -0.2) is 0 Å². The fraction of sp³-hybridized carbons (Fsp3) is 0.364. The minimum Gasteiger partial charge on any atom is -0.484 e. The van der Waals surface area contributed by atoms with Crippen LogP contribution in [0.25, 0.3) is 0 Å². The molecule has 0 aromatic heterocycles. The zero-order valence-corrected chi connectivity index (χ0v) is 10.2. The molecule has 0 aliphatic rings.